The van der Waals surface area contributed by atoms with Gasteiger partial charge in [-0.2, -0.15) is 0 Å². The van der Waals surface area contributed by atoms with Gasteiger partial charge >= 0.3 is 0 Å². The molecule has 0 radical (unpaired) electrons. The van der Waals surface area contributed by atoms with Gasteiger partial charge in [0.15, 0.2) is 11.2 Å². The second-order valence-electron chi connectivity index (χ2n) is 7.42. The van der Waals surface area contributed by atoms with Crippen molar-refractivity contribution in [2.45, 2.75) is 0 Å². The summed E-state index contributed by atoms with van der Waals surface area (Å²) < 4.78 is 38.0. The molecule has 0 atom stereocenters. The minimum atomic E-state index is -0.307. The highest BCUT2D eigenvalue weighted by molar-refractivity contribution is 5.86. The summed E-state index contributed by atoms with van der Waals surface area (Å²) in [4.78, 5) is 9.12. The van der Waals surface area contributed by atoms with Gasteiger partial charge in [-0.05, 0) is 83.9 Å². The largest absolute Gasteiger partial charge is 0.436 e. The molecule has 0 saturated carbocycles. The van der Waals surface area contributed by atoms with Crippen LogP contribution in [-0.2, 0) is 0 Å². The van der Waals surface area contributed by atoms with E-state index in [1.165, 1.54) is 24.3 Å². The first-order valence-electron chi connectivity index (χ1n) is 9.96. The Balaban J connectivity index is 1.37. The lowest BCUT2D eigenvalue weighted by Crippen LogP contribution is -1.80. The van der Waals surface area contributed by atoms with Crippen molar-refractivity contribution in [1.29, 1.82) is 0 Å². The average Bonchev–Trinajstić information content (AvgIpc) is 3.43. The SMILES string of the molecule is Fc1ccc(-c2nc3cc(-c4ccc5oc(-c6ccc(F)cc6)nc5c4)ccc3o2)cc1. The highest BCUT2D eigenvalue weighted by Crippen LogP contribution is 2.31. The summed E-state index contributed by atoms with van der Waals surface area (Å²) >= 11 is 0. The third-order valence-electron chi connectivity index (χ3n) is 5.29. The fourth-order valence-electron chi connectivity index (χ4n) is 3.65. The standard InChI is InChI=1S/C26H14F2N2O2/c27-19-7-1-15(2-8-19)25-29-21-13-17(5-11-23(21)31-25)18-6-12-24-22(14-18)30-26(32-24)16-3-9-20(28)10-4-16/h1-14H. The van der Waals surface area contributed by atoms with Gasteiger partial charge < -0.3 is 8.83 Å². The number of aromatic nitrogens is 2. The zero-order valence-electron chi connectivity index (χ0n) is 16.5. The van der Waals surface area contributed by atoms with Gasteiger partial charge in [0, 0.05) is 11.1 Å². The van der Waals surface area contributed by atoms with Crippen molar-refractivity contribution >= 4 is 22.2 Å². The van der Waals surface area contributed by atoms with Gasteiger partial charge in [0.2, 0.25) is 11.8 Å². The molecule has 32 heavy (non-hydrogen) atoms. The zero-order valence-corrected chi connectivity index (χ0v) is 16.5. The number of nitrogens with zero attached hydrogens (tertiary/aromatic N) is 2. The predicted molar refractivity (Wildman–Crippen MR) is 118 cm³/mol. The first-order chi connectivity index (χ1) is 15.6. The van der Waals surface area contributed by atoms with E-state index < -0.39 is 0 Å². The second-order valence-corrected chi connectivity index (χ2v) is 7.42. The van der Waals surface area contributed by atoms with Gasteiger partial charge in [0.05, 0.1) is 0 Å². The summed E-state index contributed by atoms with van der Waals surface area (Å²) in [7, 11) is 0. The average molecular weight is 424 g/mol. The summed E-state index contributed by atoms with van der Waals surface area (Å²) in [5, 5.41) is 0. The molecule has 0 saturated heterocycles. The molecule has 0 aliphatic carbocycles. The molecule has 2 heterocycles. The smallest absolute Gasteiger partial charge is 0.227 e. The molecule has 0 bridgehead atoms. The maximum absolute atomic E-state index is 13.2. The summed E-state index contributed by atoms with van der Waals surface area (Å²) in [6.07, 6.45) is 0. The Morgan fingerprint density at radius 2 is 0.844 bits per heavy atom. The van der Waals surface area contributed by atoms with Crippen molar-refractivity contribution in [2.75, 3.05) is 0 Å². The quantitative estimate of drug-likeness (QED) is 0.300. The van der Waals surface area contributed by atoms with Gasteiger partial charge in [-0.1, -0.05) is 12.1 Å². The maximum atomic E-state index is 13.2. The van der Waals surface area contributed by atoms with Crippen LogP contribution in [0.3, 0.4) is 0 Å². The van der Waals surface area contributed by atoms with Gasteiger partial charge in [0.1, 0.15) is 22.7 Å². The maximum Gasteiger partial charge on any atom is 0.227 e. The van der Waals surface area contributed by atoms with Crippen LogP contribution in [0.25, 0.3) is 56.2 Å². The van der Waals surface area contributed by atoms with E-state index in [0.29, 0.717) is 45.1 Å². The molecule has 4 nitrogen and oxygen atoms in total. The van der Waals surface area contributed by atoms with E-state index in [1.54, 1.807) is 24.3 Å². The molecular weight excluding hydrogens is 410 g/mol. The van der Waals surface area contributed by atoms with Gasteiger partial charge in [-0.15, -0.1) is 0 Å². The van der Waals surface area contributed by atoms with E-state index in [4.69, 9.17) is 8.83 Å². The number of oxazole rings is 2. The van der Waals surface area contributed by atoms with Crippen LogP contribution in [0.5, 0.6) is 0 Å². The Bertz CT molecular complexity index is 1460. The number of rotatable bonds is 3. The van der Waals surface area contributed by atoms with E-state index in [2.05, 4.69) is 9.97 Å². The first kappa shape index (κ1) is 18.4. The summed E-state index contributed by atoms with van der Waals surface area (Å²) in [6.45, 7) is 0. The third-order valence-corrected chi connectivity index (χ3v) is 5.29. The predicted octanol–water partition coefficient (Wildman–Crippen LogP) is 7.25. The van der Waals surface area contributed by atoms with Crippen LogP contribution in [0.15, 0.2) is 93.8 Å². The Morgan fingerprint density at radius 1 is 0.469 bits per heavy atom. The van der Waals surface area contributed by atoms with Crippen molar-refractivity contribution in [3.05, 3.63) is 96.6 Å². The number of benzene rings is 4. The normalized spacial score (nSPS) is 11.4. The molecule has 0 aliphatic rings. The van der Waals surface area contributed by atoms with Crippen molar-refractivity contribution in [2.24, 2.45) is 0 Å². The minimum Gasteiger partial charge on any atom is -0.436 e. The van der Waals surface area contributed by atoms with Crippen molar-refractivity contribution < 1.29 is 17.6 Å². The summed E-state index contributed by atoms with van der Waals surface area (Å²) in [6, 6.07) is 23.6. The molecule has 6 aromatic rings. The fraction of sp³-hybridized carbons (Fsp3) is 0. The number of halogens is 2. The molecule has 154 valence electrons. The van der Waals surface area contributed by atoms with E-state index in [-0.39, 0.29) is 11.6 Å². The van der Waals surface area contributed by atoms with Crippen molar-refractivity contribution in [3.63, 3.8) is 0 Å². The second kappa shape index (κ2) is 7.13. The van der Waals surface area contributed by atoms with Crippen LogP contribution in [0.4, 0.5) is 8.78 Å². The molecule has 4 aromatic carbocycles. The molecule has 6 rings (SSSR count). The lowest BCUT2D eigenvalue weighted by Gasteiger charge is -2.00. The van der Waals surface area contributed by atoms with Crippen LogP contribution in [0, 0.1) is 11.6 Å². The van der Waals surface area contributed by atoms with Crippen LogP contribution in [0.1, 0.15) is 0 Å². The van der Waals surface area contributed by atoms with Gasteiger partial charge in [-0.3, -0.25) is 0 Å². The van der Waals surface area contributed by atoms with Crippen LogP contribution < -0.4 is 0 Å². The van der Waals surface area contributed by atoms with E-state index in [9.17, 15) is 8.78 Å². The summed E-state index contributed by atoms with van der Waals surface area (Å²) in [5.41, 5.74) is 6.02. The lowest BCUT2D eigenvalue weighted by atomic mass is 10.0. The molecule has 6 heteroatoms. The zero-order chi connectivity index (χ0) is 21.7. The number of fused-ring (bicyclic) bond motifs is 2. The highest BCUT2D eigenvalue weighted by Gasteiger charge is 2.12. The Labute approximate surface area is 180 Å². The third kappa shape index (κ3) is 3.22. The minimum absolute atomic E-state index is 0.307. The molecule has 0 N–H and O–H groups in total. The Hall–Kier alpha value is -4.32. The monoisotopic (exact) mass is 424 g/mol. The highest BCUT2D eigenvalue weighted by atomic mass is 19.1. The molecule has 0 unspecified atom stereocenters. The topological polar surface area (TPSA) is 52.1 Å². The van der Waals surface area contributed by atoms with Crippen LogP contribution in [0.2, 0.25) is 0 Å². The lowest BCUT2D eigenvalue weighted by molar-refractivity contribution is 0.615. The Kier molecular flexibility index (Phi) is 4.11. The van der Waals surface area contributed by atoms with Gasteiger partial charge in [0.25, 0.3) is 0 Å². The van der Waals surface area contributed by atoms with Gasteiger partial charge in [-0.25, -0.2) is 18.7 Å². The molecule has 2 aromatic heterocycles. The Morgan fingerprint density at radius 3 is 1.25 bits per heavy atom. The van der Waals surface area contributed by atoms with E-state index in [1.807, 2.05) is 36.4 Å². The molecular formula is C26H14F2N2O2. The van der Waals surface area contributed by atoms with Crippen LogP contribution >= 0.6 is 0 Å². The fourth-order valence-corrected chi connectivity index (χ4v) is 3.65. The number of hydrogen-bond acceptors (Lipinski definition) is 4. The molecule has 0 fully saturated rings. The van der Waals surface area contributed by atoms with Crippen molar-refractivity contribution in [1.82, 2.24) is 9.97 Å². The number of hydrogen-bond donors (Lipinski definition) is 0. The first-order valence-corrected chi connectivity index (χ1v) is 9.96. The molecule has 0 amide bonds. The van der Waals surface area contributed by atoms with Crippen LogP contribution in [-0.4, -0.2) is 9.97 Å². The van der Waals surface area contributed by atoms with E-state index in [0.717, 1.165) is 11.1 Å². The van der Waals surface area contributed by atoms with E-state index >= 15 is 0 Å². The summed E-state index contributed by atoms with van der Waals surface area (Å²) in [5.74, 6) is 0.261. The van der Waals surface area contributed by atoms with Crippen molar-refractivity contribution in [3.8, 4) is 34.0 Å². The molecule has 0 aliphatic heterocycles. The molecule has 0 spiro atoms.